The Morgan fingerprint density at radius 2 is 1.86 bits per heavy atom. The Bertz CT molecular complexity index is 763. The van der Waals surface area contributed by atoms with Gasteiger partial charge in [-0.05, 0) is 32.0 Å². The van der Waals surface area contributed by atoms with Crippen molar-refractivity contribution < 1.29 is 27.9 Å². The fourth-order valence-corrected chi connectivity index (χ4v) is 2.14. The van der Waals surface area contributed by atoms with Crippen LogP contribution in [0.25, 0.3) is 5.69 Å². The molecule has 0 aliphatic heterocycles. The van der Waals surface area contributed by atoms with E-state index in [2.05, 4.69) is 5.10 Å². The molecular weight excluding hydrogens is 301 g/mol. The number of benzene rings is 1. The molecule has 8 heteroatoms. The van der Waals surface area contributed by atoms with Crippen LogP contribution in [0, 0.1) is 13.8 Å². The second-order valence-corrected chi connectivity index (χ2v) is 4.64. The number of carboxylic acid groups (broad SMARTS) is 1. The summed E-state index contributed by atoms with van der Waals surface area (Å²) in [5.74, 6) is -2.79. The summed E-state index contributed by atoms with van der Waals surface area (Å²) in [5, 5.41) is 12.8. The first-order chi connectivity index (χ1) is 10.1. The molecule has 1 aromatic carbocycles. The number of carbonyl (C=O) groups excluding carboxylic acids is 1. The molecular formula is C14H11F3N2O3. The Balaban J connectivity index is 2.58. The summed E-state index contributed by atoms with van der Waals surface area (Å²) in [6.07, 6.45) is -4.51. The van der Waals surface area contributed by atoms with Crippen molar-refractivity contribution in [2.75, 3.05) is 0 Å². The molecule has 0 saturated carbocycles. The molecule has 1 aromatic heterocycles. The standard InChI is InChI=1S/C14H11F3N2O3/c1-7-11(12(20)13(21)22)8(2)19(18-7)10-5-3-4-9(6-10)14(15,16)17/h3-6H,1-2H3,(H,21,22). The Hall–Kier alpha value is -2.64. The quantitative estimate of drug-likeness (QED) is 0.699. The van der Waals surface area contributed by atoms with Gasteiger partial charge in [0.05, 0.1) is 28.2 Å². The number of carboxylic acids is 1. The lowest BCUT2D eigenvalue weighted by Gasteiger charge is -2.10. The number of aromatic nitrogens is 2. The van der Waals surface area contributed by atoms with E-state index in [0.29, 0.717) is 0 Å². The number of halogens is 3. The maximum Gasteiger partial charge on any atom is 0.416 e. The summed E-state index contributed by atoms with van der Waals surface area (Å²) >= 11 is 0. The molecule has 2 aromatic rings. The van der Waals surface area contributed by atoms with E-state index < -0.39 is 23.5 Å². The van der Waals surface area contributed by atoms with E-state index in [9.17, 15) is 22.8 Å². The summed E-state index contributed by atoms with van der Waals surface area (Å²) in [6.45, 7) is 2.85. The van der Waals surface area contributed by atoms with E-state index in [-0.39, 0.29) is 22.6 Å². The van der Waals surface area contributed by atoms with E-state index >= 15 is 0 Å². The zero-order chi connectivity index (χ0) is 16.7. The molecule has 116 valence electrons. The number of Topliss-reactive ketones (excluding diaryl/α,β-unsaturated/α-hetero) is 1. The highest BCUT2D eigenvalue weighted by atomic mass is 19.4. The molecule has 0 fully saturated rings. The number of nitrogens with zero attached hydrogens (tertiary/aromatic N) is 2. The lowest BCUT2D eigenvalue weighted by atomic mass is 10.1. The van der Waals surface area contributed by atoms with E-state index in [0.717, 1.165) is 16.8 Å². The molecule has 1 heterocycles. The van der Waals surface area contributed by atoms with Crippen molar-refractivity contribution in [2.45, 2.75) is 20.0 Å². The van der Waals surface area contributed by atoms with Crippen LogP contribution in [0.4, 0.5) is 13.2 Å². The van der Waals surface area contributed by atoms with Crippen molar-refractivity contribution in [1.29, 1.82) is 0 Å². The van der Waals surface area contributed by atoms with Gasteiger partial charge in [0.1, 0.15) is 0 Å². The lowest BCUT2D eigenvalue weighted by molar-refractivity contribution is -0.137. The number of alkyl halides is 3. The molecule has 2 rings (SSSR count). The average Bonchev–Trinajstić information content (AvgIpc) is 2.72. The minimum Gasteiger partial charge on any atom is -0.475 e. The molecule has 0 aliphatic carbocycles. The van der Waals surface area contributed by atoms with Gasteiger partial charge in [0.25, 0.3) is 5.78 Å². The Morgan fingerprint density at radius 3 is 2.41 bits per heavy atom. The minimum absolute atomic E-state index is 0.0971. The molecule has 1 N–H and O–H groups in total. The second-order valence-electron chi connectivity index (χ2n) is 4.64. The van der Waals surface area contributed by atoms with Crippen LogP contribution >= 0.6 is 0 Å². The topological polar surface area (TPSA) is 72.2 Å². The van der Waals surface area contributed by atoms with Crippen molar-refractivity contribution in [3.8, 4) is 5.69 Å². The highest BCUT2D eigenvalue weighted by Crippen LogP contribution is 2.30. The zero-order valence-electron chi connectivity index (χ0n) is 11.6. The second kappa shape index (κ2) is 5.28. The van der Waals surface area contributed by atoms with Gasteiger partial charge in [-0.1, -0.05) is 6.07 Å². The van der Waals surface area contributed by atoms with Gasteiger partial charge < -0.3 is 5.11 Å². The third kappa shape index (κ3) is 2.72. The van der Waals surface area contributed by atoms with Gasteiger partial charge >= 0.3 is 12.1 Å². The highest BCUT2D eigenvalue weighted by molar-refractivity contribution is 6.40. The van der Waals surface area contributed by atoms with Gasteiger partial charge in [-0.25, -0.2) is 9.48 Å². The van der Waals surface area contributed by atoms with Crippen molar-refractivity contribution in [2.24, 2.45) is 0 Å². The normalized spacial score (nSPS) is 11.5. The number of hydrogen-bond acceptors (Lipinski definition) is 3. The van der Waals surface area contributed by atoms with E-state index in [1.165, 1.54) is 26.0 Å². The van der Waals surface area contributed by atoms with Gasteiger partial charge in [-0.3, -0.25) is 4.79 Å². The smallest absolute Gasteiger partial charge is 0.416 e. The molecule has 0 radical (unpaired) electrons. The maximum absolute atomic E-state index is 12.7. The predicted molar refractivity (Wildman–Crippen MR) is 70.0 cm³/mol. The van der Waals surface area contributed by atoms with Crippen LogP contribution in [-0.2, 0) is 11.0 Å². The summed E-state index contributed by atoms with van der Waals surface area (Å²) in [6, 6.07) is 4.41. The van der Waals surface area contributed by atoms with Crippen molar-refractivity contribution in [3.05, 3.63) is 46.8 Å². The van der Waals surface area contributed by atoms with Gasteiger partial charge in [0.15, 0.2) is 0 Å². The van der Waals surface area contributed by atoms with Gasteiger partial charge in [0.2, 0.25) is 0 Å². The van der Waals surface area contributed by atoms with E-state index in [4.69, 9.17) is 5.11 Å². The number of aliphatic carboxylic acids is 1. The third-order valence-electron chi connectivity index (χ3n) is 3.13. The van der Waals surface area contributed by atoms with E-state index in [1.807, 2.05) is 0 Å². The van der Waals surface area contributed by atoms with Gasteiger partial charge in [-0.2, -0.15) is 18.3 Å². The van der Waals surface area contributed by atoms with E-state index in [1.54, 1.807) is 0 Å². The summed E-state index contributed by atoms with van der Waals surface area (Å²) in [4.78, 5) is 22.4. The van der Waals surface area contributed by atoms with Crippen LogP contribution in [0.15, 0.2) is 24.3 Å². The molecule has 5 nitrogen and oxygen atoms in total. The maximum atomic E-state index is 12.7. The monoisotopic (exact) mass is 312 g/mol. The van der Waals surface area contributed by atoms with Crippen LogP contribution < -0.4 is 0 Å². The molecule has 0 aliphatic rings. The summed E-state index contributed by atoms with van der Waals surface area (Å²) in [5.41, 5.74) is -0.569. The third-order valence-corrected chi connectivity index (χ3v) is 3.13. The SMILES string of the molecule is Cc1nn(-c2cccc(C(F)(F)F)c2)c(C)c1C(=O)C(=O)O. The van der Waals surface area contributed by atoms with Crippen molar-refractivity contribution in [3.63, 3.8) is 0 Å². The number of carbonyl (C=O) groups is 2. The predicted octanol–water partition coefficient (Wildman–Crippen LogP) is 2.78. The number of ketones is 1. The fraction of sp³-hybridized carbons (Fsp3) is 0.214. The fourth-order valence-electron chi connectivity index (χ4n) is 2.14. The largest absolute Gasteiger partial charge is 0.475 e. The molecule has 0 amide bonds. The van der Waals surface area contributed by atoms with Crippen LogP contribution in [0.1, 0.15) is 27.3 Å². The molecule has 0 spiro atoms. The number of rotatable bonds is 3. The average molecular weight is 312 g/mol. The molecule has 0 saturated heterocycles. The first-order valence-electron chi connectivity index (χ1n) is 6.14. The first kappa shape index (κ1) is 15.7. The van der Waals surface area contributed by atoms with Crippen molar-refractivity contribution >= 4 is 11.8 Å². The molecule has 22 heavy (non-hydrogen) atoms. The zero-order valence-corrected chi connectivity index (χ0v) is 11.6. The van der Waals surface area contributed by atoms with Crippen molar-refractivity contribution in [1.82, 2.24) is 9.78 Å². The Labute approximate surface area is 123 Å². The van der Waals surface area contributed by atoms with Gasteiger partial charge in [0, 0.05) is 0 Å². The molecule has 0 unspecified atom stereocenters. The summed E-state index contributed by atoms with van der Waals surface area (Å²) in [7, 11) is 0. The van der Waals surface area contributed by atoms with Crippen LogP contribution in [-0.4, -0.2) is 26.6 Å². The lowest BCUT2D eigenvalue weighted by Crippen LogP contribution is -2.14. The Morgan fingerprint density at radius 1 is 1.23 bits per heavy atom. The van der Waals surface area contributed by atoms with Crippen LogP contribution in [0.3, 0.4) is 0 Å². The van der Waals surface area contributed by atoms with Crippen LogP contribution in [0.2, 0.25) is 0 Å². The highest BCUT2D eigenvalue weighted by Gasteiger charge is 2.31. The Kier molecular flexibility index (Phi) is 3.78. The number of aryl methyl sites for hydroxylation is 1. The van der Waals surface area contributed by atoms with Gasteiger partial charge in [-0.15, -0.1) is 0 Å². The first-order valence-corrected chi connectivity index (χ1v) is 6.14. The minimum atomic E-state index is -4.51. The number of hydrogen-bond donors (Lipinski definition) is 1. The van der Waals surface area contributed by atoms with Crippen LogP contribution in [0.5, 0.6) is 0 Å². The molecule has 0 bridgehead atoms. The molecule has 0 atom stereocenters. The summed E-state index contributed by atoms with van der Waals surface area (Å²) < 4.78 is 39.3.